The molecule has 1 fully saturated rings. The largest absolute Gasteiger partial charge is 0.307 e. The molecule has 0 radical (unpaired) electrons. The van der Waals surface area contributed by atoms with Gasteiger partial charge in [-0.15, -0.1) is 0 Å². The number of nitrogens with one attached hydrogen (secondary N) is 1. The van der Waals surface area contributed by atoms with Crippen molar-refractivity contribution in [2.75, 3.05) is 0 Å². The van der Waals surface area contributed by atoms with E-state index in [2.05, 4.69) is 60.2 Å². The quantitative estimate of drug-likeness (QED) is 0.729. The Morgan fingerprint density at radius 1 is 1.05 bits per heavy atom. The van der Waals surface area contributed by atoms with Gasteiger partial charge in [-0.05, 0) is 73.1 Å². The summed E-state index contributed by atoms with van der Waals surface area (Å²) in [5, 5.41) is 3.95. The number of aryl methyl sites for hydroxylation is 1. The van der Waals surface area contributed by atoms with Gasteiger partial charge in [-0.25, -0.2) is 0 Å². The highest BCUT2D eigenvalue weighted by Gasteiger charge is 2.31. The molecule has 1 atom stereocenters. The molecule has 0 heterocycles. The number of halogens is 1. The molecular weight excluding hydrogens is 322 g/mol. The lowest BCUT2D eigenvalue weighted by Crippen LogP contribution is -2.37. The van der Waals surface area contributed by atoms with Crippen molar-refractivity contribution in [3.63, 3.8) is 0 Å². The van der Waals surface area contributed by atoms with E-state index in [1.807, 2.05) is 0 Å². The van der Waals surface area contributed by atoms with Crippen LogP contribution in [-0.4, -0.2) is 6.04 Å². The Morgan fingerprint density at radius 2 is 1.76 bits per heavy atom. The van der Waals surface area contributed by atoms with Gasteiger partial charge in [0.2, 0.25) is 0 Å². The van der Waals surface area contributed by atoms with Crippen molar-refractivity contribution in [1.82, 2.24) is 5.32 Å². The molecule has 2 aliphatic carbocycles. The smallest absolute Gasteiger partial charge is 0.0328 e. The topological polar surface area (TPSA) is 12.0 Å². The first-order valence-corrected chi connectivity index (χ1v) is 9.27. The van der Waals surface area contributed by atoms with E-state index < -0.39 is 0 Å². The summed E-state index contributed by atoms with van der Waals surface area (Å²) in [5.74, 6) is 0.905. The minimum absolute atomic E-state index is 0.483. The second kappa shape index (κ2) is 6.04. The Balaban J connectivity index is 1.58. The normalized spacial score (nSPS) is 29.4. The van der Waals surface area contributed by atoms with Crippen molar-refractivity contribution in [3.05, 3.63) is 33.8 Å². The Morgan fingerprint density at radius 3 is 2.43 bits per heavy atom. The van der Waals surface area contributed by atoms with E-state index in [0.29, 0.717) is 11.5 Å². The predicted molar refractivity (Wildman–Crippen MR) is 93.5 cm³/mol. The van der Waals surface area contributed by atoms with Gasteiger partial charge in [-0.2, -0.15) is 0 Å². The van der Waals surface area contributed by atoms with Crippen LogP contribution in [0.5, 0.6) is 0 Å². The standard InChI is InChI=1S/C19H28BrN/c1-19(2,3)14-5-8-16(9-6-14)21-18-11-4-13-12-15(20)7-10-17(13)18/h7,10,12,14,16,18,21H,4-6,8-9,11H2,1-3H3/t14-,16-,18?. The second-order valence-electron chi connectivity index (χ2n) is 8.02. The van der Waals surface area contributed by atoms with Gasteiger partial charge in [0.05, 0.1) is 0 Å². The molecule has 1 aromatic carbocycles. The molecule has 1 nitrogen and oxygen atoms in total. The molecule has 0 bridgehead atoms. The molecular formula is C19H28BrN. The van der Waals surface area contributed by atoms with E-state index in [0.717, 1.165) is 12.0 Å². The summed E-state index contributed by atoms with van der Waals surface area (Å²) in [6.07, 6.45) is 7.98. The van der Waals surface area contributed by atoms with E-state index in [9.17, 15) is 0 Å². The van der Waals surface area contributed by atoms with Crippen molar-refractivity contribution in [1.29, 1.82) is 0 Å². The monoisotopic (exact) mass is 349 g/mol. The van der Waals surface area contributed by atoms with Gasteiger partial charge >= 0.3 is 0 Å². The highest BCUT2D eigenvalue weighted by molar-refractivity contribution is 9.10. The van der Waals surface area contributed by atoms with Crippen LogP contribution in [0.15, 0.2) is 22.7 Å². The first-order chi connectivity index (χ1) is 9.93. The van der Waals surface area contributed by atoms with Crippen LogP contribution in [-0.2, 0) is 6.42 Å². The maximum absolute atomic E-state index is 3.95. The number of hydrogen-bond donors (Lipinski definition) is 1. The Kier molecular flexibility index (Phi) is 4.47. The first kappa shape index (κ1) is 15.6. The maximum atomic E-state index is 3.95. The molecule has 1 unspecified atom stereocenters. The summed E-state index contributed by atoms with van der Waals surface area (Å²) in [6.45, 7) is 7.20. The molecule has 0 amide bonds. The minimum Gasteiger partial charge on any atom is -0.307 e. The third-order valence-corrected chi connectivity index (χ3v) is 6.06. The second-order valence-corrected chi connectivity index (χ2v) is 8.93. The molecule has 2 aliphatic rings. The summed E-state index contributed by atoms with van der Waals surface area (Å²) < 4.78 is 1.22. The number of fused-ring (bicyclic) bond motifs is 1. The summed E-state index contributed by atoms with van der Waals surface area (Å²) in [7, 11) is 0. The predicted octanol–water partition coefficient (Wildman–Crippen LogP) is 5.63. The number of hydrogen-bond acceptors (Lipinski definition) is 1. The highest BCUT2D eigenvalue weighted by atomic mass is 79.9. The van der Waals surface area contributed by atoms with E-state index in [-0.39, 0.29) is 0 Å². The minimum atomic E-state index is 0.483. The maximum Gasteiger partial charge on any atom is 0.0328 e. The molecule has 2 heteroatoms. The lowest BCUT2D eigenvalue weighted by molar-refractivity contribution is 0.156. The van der Waals surface area contributed by atoms with Crippen molar-refractivity contribution in [2.45, 2.75) is 71.4 Å². The molecule has 1 aromatic rings. The van der Waals surface area contributed by atoms with Crippen molar-refractivity contribution >= 4 is 15.9 Å². The fourth-order valence-electron chi connectivity index (χ4n) is 4.17. The Labute approximate surface area is 138 Å². The zero-order valence-electron chi connectivity index (χ0n) is 13.6. The average Bonchev–Trinajstić information content (AvgIpc) is 2.80. The number of rotatable bonds is 2. The van der Waals surface area contributed by atoms with Gasteiger partial charge in [0, 0.05) is 16.6 Å². The SMILES string of the molecule is CC(C)(C)[C@H]1CC[C@H](NC2CCc3cc(Br)ccc32)CC1. The van der Waals surface area contributed by atoms with E-state index in [4.69, 9.17) is 0 Å². The van der Waals surface area contributed by atoms with Crippen molar-refractivity contribution in [2.24, 2.45) is 11.3 Å². The molecule has 0 spiro atoms. The average molecular weight is 350 g/mol. The van der Waals surface area contributed by atoms with Gasteiger partial charge in [0.15, 0.2) is 0 Å². The molecule has 1 saturated carbocycles. The van der Waals surface area contributed by atoms with Crippen LogP contribution < -0.4 is 5.32 Å². The molecule has 116 valence electrons. The van der Waals surface area contributed by atoms with E-state index >= 15 is 0 Å². The van der Waals surface area contributed by atoms with Crippen molar-refractivity contribution in [3.8, 4) is 0 Å². The highest BCUT2D eigenvalue weighted by Crippen LogP contribution is 2.39. The lowest BCUT2D eigenvalue weighted by Gasteiger charge is -2.38. The van der Waals surface area contributed by atoms with Gasteiger partial charge in [-0.3, -0.25) is 0 Å². The fraction of sp³-hybridized carbons (Fsp3) is 0.684. The zero-order valence-corrected chi connectivity index (χ0v) is 15.2. The summed E-state index contributed by atoms with van der Waals surface area (Å²) in [4.78, 5) is 0. The summed E-state index contributed by atoms with van der Waals surface area (Å²) >= 11 is 3.59. The molecule has 21 heavy (non-hydrogen) atoms. The molecule has 0 aromatic heterocycles. The van der Waals surface area contributed by atoms with Gasteiger partial charge in [0.1, 0.15) is 0 Å². The third-order valence-electron chi connectivity index (χ3n) is 5.57. The van der Waals surface area contributed by atoms with Crippen LogP contribution in [0, 0.1) is 11.3 Å². The summed E-state index contributed by atoms with van der Waals surface area (Å²) in [6, 6.07) is 8.11. The van der Waals surface area contributed by atoms with Crippen LogP contribution in [0.1, 0.15) is 70.0 Å². The van der Waals surface area contributed by atoms with Crippen molar-refractivity contribution < 1.29 is 0 Å². The third kappa shape index (κ3) is 3.53. The Bertz CT molecular complexity index is 495. The molecule has 3 rings (SSSR count). The molecule has 0 aliphatic heterocycles. The molecule has 0 saturated heterocycles. The van der Waals surface area contributed by atoms with Gasteiger partial charge < -0.3 is 5.32 Å². The van der Waals surface area contributed by atoms with E-state index in [1.165, 1.54) is 54.1 Å². The zero-order chi connectivity index (χ0) is 15.0. The molecule has 1 N–H and O–H groups in total. The van der Waals surface area contributed by atoms with Crippen LogP contribution in [0.25, 0.3) is 0 Å². The van der Waals surface area contributed by atoms with Gasteiger partial charge in [0.25, 0.3) is 0 Å². The summed E-state index contributed by atoms with van der Waals surface area (Å²) in [5.41, 5.74) is 3.55. The first-order valence-electron chi connectivity index (χ1n) is 8.48. The Hall–Kier alpha value is -0.340. The van der Waals surface area contributed by atoms with Gasteiger partial charge in [-0.1, -0.05) is 42.8 Å². The van der Waals surface area contributed by atoms with Crippen LogP contribution in [0.2, 0.25) is 0 Å². The lowest BCUT2D eigenvalue weighted by atomic mass is 9.71. The van der Waals surface area contributed by atoms with Crippen LogP contribution in [0.3, 0.4) is 0 Å². The van der Waals surface area contributed by atoms with E-state index in [1.54, 1.807) is 0 Å². The van der Waals surface area contributed by atoms with Crippen LogP contribution in [0.4, 0.5) is 0 Å². The number of benzene rings is 1. The fourth-order valence-corrected chi connectivity index (χ4v) is 4.58. The van der Waals surface area contributed by atoms with Crippen LogP contribution >= 0.6 is 15.9 Å².